The Morgan fingerprint density at radius 3 is 1.25 bits per heavy atom. The lowest BCUT2D eigenvalue weighted by Crippen LogP contribution is -2.73. The maximum atomic E-state index is 2.86. The van der Waals surface area contributed by atoms with Gasteiger partial charge in [0, 0.05) is 120 Å². The summed E-state index contributed by atoms with van der Waals surface area (Å²) in [7, 11) is 0. The lowest BCUT2D eigenvalue weighted by atomic mass is 9.49. The van der Waals surface area contributed by atoms with Crippen molar-refractivity contribution in [3.05, 3.63) is 236 Å². The molecule has 18 fully saturated rings. The second-order valence-electron chi connectivity index (χ2n) is 46.3. The highest BCUT2D eigenvalue weighted by Crippen LogP contribution is 2.64. The van der Waals surface area contributed by atoms with E-state index in [0.29, 0.717) is 69.1 Å². The fourth-order valence-corrected chi connectivity index (χ4v) is 31.4. The van der Waals surface area contributed by atoms with Gasteiger partial charge in [-0.3, -0.25) is 19.6 Å². The van der Waals surface area contributed by atoms with Gasteiger partial charge in [-0.2, -0.15) is 0 Å². The molecule has 27 rings (SSSR count). The van der Waals surface area contributed by atoms with E-state index >= 15 is 0 Å². The molecule has 20 unspecified atom stereocenters. The molecule has 20 aliphatic rings. The molecule has 0 radical (unpaired) electrons. The zero-order valence-corrected chi connectivity index (χ0v) is 82.7. The van der Waals surface area contributed by atoms with Crippen molar-refractivity contribution in [3.8, 4) is 0 Å². The van der Waals surface area contributed by atoms with Crippen LogP contribution in [0, 0.1) is 165 Å². The molecule has 16 bridgehead atoms. The summed E-state index contributed by atoms with van der Waals surface area (Å²) in [5.41, 5.74) is 41.8. The Hall–Kier alpha value is -5.86. The van der Waals surface area contributed by atoms with Gasteiger partial charge in [0.05, 0.1) is 0 Å². The smallest absolute Gasteiger partial charge is 0.0407 e. The van der Waals surface area contributed by atoms with E-state index in [4.69, 9.17) is 0 Å². The van der Waals surface area contributed by atoms with Crippen molar-refractivity contribution in [1.29, 1.82) is 0 Å². The Labute approximate surface area is 744 Å². The minimum atomic E-state index is 0.246. The monoisotopic (exact) mass is 1640 g/mol. The molecular formula is C116H166N6. The summed E-state index contributed by atoms with van der Waals surface area (Å²) in [5, 5.41) is 0. The summed E-state index contributed by atoms with van der Waals surface area (Å²) in [4.78, 5) is 16.4. The van der Waals surface area contributed by atoms with Gasteiger partial charge in [-0.05, 0) is 455 Å². The van der Waals surface area contributed by atoms with Gasteiger partial charge < -0.3 is 9.80 Å². The van der Waals surface area contributed by atoms with Crippen LogP contribution in [0.15, 0.2) is 97.1 Å². The van der Waals surface area contributed by atoms with E-state index in [1.165, 1.54) is 237 Å². The minimum Gasteiger partial charge on any atom is -0.368 e. The number of para-hydroxylation sites is 1. The van der Waals surface area contributed by atoms with E-state index in [0.717, 1.165) is 53.6 Å². The molecule has 0 aromatic heterocycles. The fourth-order valence-electron chi connectivity index (χ4n) is 31.4. The first-order valence-electron chi connectivity index (χ1n) is 49.6. The highest BCUT2D eigenvalue weighted by Gasteiger charge is 2.63. The Kier molecular flexibility index (Phi) is 24.5. The Bertz CT molecular complexity index is 5040. The van der Waals surface area contributed by atoms with Gasteiger partial charge in [-0.15, -0.1) is 0 Å². The summed E-state index contributed by atoms with van der Waals surface area (Å²) >= 11 is 0. The molecule has 18 aliphatic heterocycles. The standard InChI is InChI=1S/C22H27N.C21H31N.C19H27N.C19H29N.C18H27N.C17H25N/c1-14-12-15(2)16(3)18(13-14)21-17(4)23-11-10-22(21,5)19-8-6-7-9-20(19)23;1-13-7-14(2)15(3)19(8-13)21-10-17-9-18(11-21)20(5,6)22(12-17)16(21)4;1-12-5-13(2)14(3)18(6-12)19-8-16-7-17(9-19)11-20(10-16)15(19)4;1-12-9-13(2)15(4)17(10-12)18-16(5)20-8-7-19(18,6)11-14(20)3;1-12-10-13(2)14(3)16(11-12)17-15(4)19-8-6-18(17,5)7-9-19;1-11-9-12(2)13(3)16(10-11)17-14(4)18-7-5-15(17)6-8-18/h6-9,12-13,17,21H,10-11H2,1-5H3;7-8,16-18H,9-12H2,1-6H3;5-6,15-17H,7-11H2,1-4H3;9-10,14,16,18H,7-8,11H2,1-6H3;10-11,15,17H,6-9H2,1-5H3;9-10,14-15,17H,5-8H2,1-4H3. The molecule has 16 saturated heterocycles. The first kappa shape index (κ1) is 89.5. The van der Waals surface area contributed by atoms with Gasteiger partial charge in [-0.1, -0.05) is 145 Å². The minimum absolute atomic E-state index is 0.246. The number of hydrogen-bond donors (Lipinski definition) is 0. The van der Waals surface area contributed by atoms with E-state index in [1.54, 1.807) is 50.1 Å². The average Bonchev–Trinajstić information content (AvgIpc) is 0.697. The van der Waals surface area contributed by atoms with Crippen LogP contribution in [0.3, 0.4) is 0 Å². The van der Waals surface area contributed by atoms with Gasteiger partial charge in [-0.25, -0.2) is 0 Å². The lowest BCUT2D eigenvalue weighted by Gasteiger charge is -2.69. The van der Waals surface area contributed by atoms with Crippen LogP contribution in [-0.2, 0) is 16.2 Å². The van der Waals surface area contributed by atoms with Crippen LogP contribution in [0.2, 0.25) is 0 Å². The molecule has 7 aromatic carbocycles. The topological polar surface area (TPSA) is 19.4 Å². The van der Waals surface area contributed by atoms with Crippen molar-refractivity contribution < 1.29 is 0 Å². The number of hydrogen-bond acceptors (Lipinski definition) is 6. The SMILES string of the molecule is Cc1cc(C)c(C)c(C23CC4CC(C2)C(C)(C)N(C4)C3C)c1.Cc1cc(C)c(C)c(C23CC4CC(CN(C4)C2C)C3)c1.Cc1cc(C)c(C)c(C2C(C)N3CCC2(C)CC3)c1.Cc1cc(C)c(C)c(C2C(C)N3CCC2(C)CC3C)c1.Cc1cc(C)c(C)c(C2C(C)N3CCC2(C)c2ccccc23)c1.Cc1cc(C)c(C)c(C2C3CCN(CC3)C2C)c1. The molecule has 20 atom stereocenters. The molecule has 0 amide bonds. The van der Waals surface area contributed by atoms with Crippen LogP contribution in [0.25, 0.3) is 0 Å². The van der Waals surface area contributed by atoms with E-state index in [1.807, 2.05) is 0 Å². The molecule has 122 heavy (non-hydrogen) atoms. The zero-order valence-electron chi connectivity index (χ0n) is 82.7. The molecule has 2 aliphatic carbocycles. The number of nitrogens with zero attached hydrogens (tertiary/aromatic N) is 6. The van der Waals surface area contributed by atoms with Gasteiger partial charge in [0.1, 0.15) is 0 Å². The van der Waals surface area contributed by atoms with Crippen LogP contribution < -0.4 is 4.90 Å². The molecule has 6 nitrogen and oxygen atoms in total. The number of aryl methyl sites for hydroxylation is 12. The first-order chi connectivity index (χ1) is 57.5. The summed E-state index contributed by atoms with van der Waals surface area (Å²) in [6.45, 7) is 82.6. The van der Waals surface area contributed by atoms with Crippen molar-refractivity contribution in [2.75, 3.05) is 63.8 Å². The van der Waals surface area contributed by atoms with Gasteiger partial charge >= 0.3 is 0 Å². The molecule has 6 heteroatoms. The lowest BCUT2D eigenvalue weighted by molar-refractivity contribution is -0.157. The molecule has 18 heterocycles. The molecule has 7 aromatic rings. The van der Waals surface area contributed by atoms with Crippen molar-refractivity contribution in [3.63, 3.8) is 0 Å². The normalized spacial score (nSPS) is 37.5. The van der Waals surface area contributed by atoms with Crippen molar-refractivity contribution in [2.45, 2.75) is 379 Å². The fraction of sp³-hybridized carbons (Fsp3) is 0.638. The Morgan fingerprint density at radius 2 is 0.762 bits per heavy atom. The number of piperidine rings is 16. The van der Waals surface area contributed by atoms with Crippen LogP contribution in [-0.4, -0.2) is 131 Å². The van der Waals surface area contributed by atoms with Crippen LogP contribution in [0.5, 0.6) is 0 Å². The van der Waals surface area contributed by atoms with Crippen LogP contribution in [0.4, 0.5) is 5.69 Å². The number of benzene rings is 7. The van der Waals surface area contributed by atoms with E-state index in [2.05, 4.69) is 334 Å². The quantitative estimate of drug-likeness (QED) is 0.164. The number of rotatable bonds is 6. The van der Waals surface area contributed by atoms with Crippen LogP contribution >= 0.6 is 0 Å². The predicted molar refractivity (Wildman–Crippen MR) is 522 cm³/mol. The third kappa shape index (κ3) is 15.4. The van der Waals surface area contributed by atoms with E-state index in [9.17, 15) is 0 Å². The highest BCUT2D eigenvalue weighted by atomic mass is 15.3. The molecule has 0 spiro atoms. The highest BCUT2D eigenvalue weighted by molar-refractivity contribution is 5.66. The maximum absolute atomic E-state index is 2.86. The predicted octanol–water partition coefficient (Wildman–Crippen LogP) is 26.6. The summed E-state index contributed by atoms with van der Waals surface area (Å²) < 4.78 is 0. The van der Waals surface area contributed by atoms with E-state index in [-0.39, 0.29) is 5.41 Å². The summed E-state index contributed by atoms with van der Waals surface area (Å²) in [6, 6.07) is 42.7. The maximum Gasteiger partial charge on any atom is 0.0407 e. The summed E-state index contributed by atoms with van der Waals surface area (Å²) in [5.74, 6) is 7.39. The van der Waals surface area contributed by atoms with Crippen molar-refractivity contribution >= 4 is 5.69 Å². The van der Waals surface area contributed by atoms with Crippen molar-refractivity contribution in [2.24, 2.45) is 40.4 Å². The molecular weight excluding hydrogens is 1480 g/mol. The van der Waals surface area contributed by atoms with E-state index < -0.39 is 0 Å². The van der Waals surface area contributed by atoms with Gasteiger partial charge in [0.15, 0.2) is 0 Å². The van der Waals surface area contributed by atoms with Crippen LogP contribution in [0.1, 0.15) is 329 Å². The Balaban J connectivity index is 0.000000109. The third-order valence-corrected chi connectivity index (χ3v) is 38.4. The van der Waals surface area contributed by atoms with Gasteiger partial charge in [0.25, 0.3) is 0 Å². The second-order valence-corrected chi connectivity index (χ2v) is 46.3. The second kappa shape index (κ2) is 33.3. The van der Waals surface area contributed by atoms with Crippen molar-refractivity contribution in [1.82, 2.24) is 24.5 Å². The third-order valence-electron chi connectivity index (χ3n) is 38.4. The number of anilines is 1. The first-order valence-corrected chi connectivity index (χ1v) is 49.6. The Morgan fingerprint density at radius 1 is 0.336 bits per heavy atom. The average molecular weight is 1640 g/mol. The molecule has 2 saturated carbocycles. The molecule has 0 N–H and O–H groups in total. The zero-order chi connectivity index (χ0) is 87.6. The summed E-state index contributed by atoms with van der Waals surface area (Å²) in [6.07, 6.45) is 18.2. The largest absolute Gasteiger partial charge is 0.368 e. The van der Waals surface area contributed by atoms with Gasteiger partial charge in [0.2, 0.25) is 0 Å². The number of fused-ring (bicyclic) bond motifs is 11. The molecule has 660 valence electrons.